The van der Waals surface area contributed by atoms with Gasteiger partial charge in [0.1, 0.15) is 19.4 Å². The maximum atomic E-state index is 12.1. The first-order valence-corrected chi connectivity index (χ1v) is 15.3. The lowest BCUT2D eigenvalue weighted by Gasteiger charge is -2.26. The number of ether oxygens (including phenoxy) is 5. The van der Waals surface area contributed by atoms with E-state index < -0.39 is 45.7 Å². The third kappa shape index (κ3) is 11.8. The second-order valence-corrected chi connectivity index (χ2v) is 12.4. The van der Waals surface area contributed by atoms with Gasteiger partial charge in [0.25, 0.3) is 11.1 Å². The molecule has 1 saturated heterocycles. The van der Waals surface area contributed by atoms with Crippen LogP contribution >= 0.6 is 0 Å². The summed E-state index contributed by atoms with van der Waals surface area (Å²) in [4.78, 5) is 73.8. The van der Waals surface area contributed by atoms with Crippen molar-refractivity contribution in [2.24, 2.45) is 5.41 Å². The van der Waals surface area contributed by atoms with Crippen LogP contribution in [-0.2, 0) is 39.8 Å². The molecular formula is C31H48N4O11. The standard InChI is InChI=1S/C16H24N2O6.C15H24N2O5/c1-10(2)24-16(3,4)14(20)22-9-11-5-6-13(23-11)18-8-7-12(19)17-15(18)21;1-5-15(2,3)13(19)22-10-11(21-4)6-8-17-9-7-12(18)16-14(17)20/h7-8,10-11,13H,5-6,9H2,1-4H3,(H,17,19,21);7,9,11H,5-6,8,10H2,1-4H3,(H,16,18,20). The van der Waals surface area contributed by atoms with Crippen LogP contribution in [0.3, 0.4) is 0 Å². The van der Waals surface area contributed by atoms with Crippen molar-refractivity contribution < 1.29 is 33.3 Å². The molecule has 3 atom stereocenters. The molecule has 3 unspecified atom stereocenters. The van der Waals surface area contributed by atoms with Gasteiger partial charge in [0.15, 0.2) is 5.60 Å². The van der Waals surface area contributed by atoms with Crippen molar-refractivity contribution in [2.75, 3.05) is 20.3 Å². The van der Waals surface area contributed by atoms with E-state index in [-0.39, 0.29) is 37.5 Å². The molecule has 0 amide bonds. The van der Waals surface area contributed by atoms with Gasteiger partial charge >= 0.3 is 23.3 Å². The molecule has 2 N–H and O–H groups in total. The SMILES string of the molecule is CC(C)OC(C)(C)C(=O)OCC1CCC(n2ccc(=O)[nH]c2=O)O1.CCC(C)(C)C(=O)OCC(CCn1ccc(=O)[nH]c1=O)OC. The molecule has 46 heavy (non-hydrogen) atoms. The van der Waals surface area contributed by atoms with E-state index in [4.69, 9.17) is 23.7 Å². The quantitative estimate of drug-likeness (QED) is 0.283. The van der Waals surface area contributed by atoms with Gasteiger partial charge in [-0.05, 0) is 67.2 Å². The molecule has 1 aliphatic heterocycles. The predicted octanol–water partition coefficient (Wildman–Crippen LogP) is 1.88. The lowest BCUT2D eigenvalue weighted by molar-refractivity contribution is -0.176. The summed E-state index contributed by atoms with van der Waals surface area (Å²) in [5.74, 6) is -0.720. The Morgan fingerprint density at radius 3 is 2.15 bits per heavy atom. The number of H-pyrrole nitrogens is 2. The Balaban J connectivity index is 0.000000322. The smallest absolute Gasteiger partial charge is 0.337 e. The number of carbonyl (C=O) groups is 2. The van der Waals surface area contributed by atoms with E-state index in [1.807, 2.05) is 34.6 Å². The Hall–Kier alpha value is -3.82. The number of nitrogens with one attached hydrogen (secondary N) is 2. The molecule has 0 radical (unpaired) electrons. The summed E-state index contributed by atoms with van der Waals surface area (Å²) in [6, 6.07) is 2.55. The Kier molecular flexibility index (Phi) is 14.3. The summed E-state index contributed by atoms with van der Waals surface area (Å²) in [6.07, 6.45) is 4.08. The number of hydrogen-bond donors (Lipinski definition) is 2. The number of esters is 2. The fourth-order valence-electron chi connectivity index (χ4n) is 4.33. The molecule has 1 aliphatic rings. The zero-order chi connectivity index (χ0) is 34.7. The van der Waals surface area contributed by atoms with Crippen LogP contribution in [-0.4, -0.2) is 75.3 Å². The summed E-state index contributed by atoms with van der Waals surface area (Å²) in [5, 5.41) is 0. The second kappa shape index (κ2) is 17.2. The lowest BCUT2D eigenvalue weighted by atomic mass is 9.91. The number of hydrogen-bond acceptors (Lipinski definition) is 11. The van der Waals surface area contributed by atoms with E-state index in [1.54, 1.807) is 13.8 Å². The first kappa shape index (κ1) is 38.4. The number of rotatable bonds is 14. The molecule has 0 spiro atoms. The molecule has 0 bridgehead atoms. The molecular weight excluding hydrogens is 604 g/mol. The maximum absolute atomic E-state index is 12.1. The second-order valence-electron chi connectivity index (χ2n) is 12.4. The van der Waals surface area contributed by atoms with Crippen LogP contribution in [0.15, 0.2) is 43.7 Å². The number of carbonyl (C=O) groups excluding carboxylic acids is 2. The highest BCUT2D eigenvalue weighted by Crippen LogP contribution is 2.27. The average molecular weight is 653 g/mol. The van der Waals surface area contributed by atoms with Gasteiger partial charge in [0.2, 0.25) is 0 Å². The average Bonchev–Trinajstić information content (AvgIpc) is 3.45. The van der Waals surface area contributed by atoms with Crippen LogP contribution in [0.2, 0.25) is 0 Å². The normalized spacial score (nSPS) is 17.2. The van der Waals surface area contributed by atoms with Crippen molar-refractivity contribution in [3.63, 3.8) is 0 Å². The third-order valence-electron chi connectivity index (χ3n) is 7.43. The Morgan fingerprint density at radius 1 is 0.957 bits per heavy atom. The van der Waals surface area contributed by atoms with Gasteiger partial charge in [-0.25, -0.2) is 14.4 Å². The number of aromatic amines is 2. The molecule has 258 valence electrons. The third-order valence-corrected chi connectivity index (χ3v) is 7.43. The van der Waals surface area contributed by atoms with E-state index in [0.717, 1.165) is 0 Å². The van der Waals surface area contributed by atoms with Crippen LogP contribution in [0.5, 0.6) is 0 Å². The molecule has 15 heteroatoms. The van der Waals surface area contributed by atoms with Crippen molar-refractivity contribution in [1.82, 2.24) is 19.1 Å². The molecule has 0 aromatic carbocycles. The number of aryl methyl sites for hydroxylation is 1. The summed E-state index contributed by atoms with van der Waals surface area (Å²) in [6.45, 7) is 13.2. The number of nitrogens with zero attached hydrogens (tertiary/aromatic N) is 2. The summed E-state index contributed by atoms with van der Waals surface area (Å²) < 4.78 is 29.8. The molecule has 0 saturated carbocycles. The summed E-state index contributed by atoms with van der Waals surface area (Å²) in [5.41, 5.74) is -3.41. The highest BCUT2D eigenvalue weighted by Gasteiger charge is 2.34. The molecule has 2 aromatic rings. The minimum absolute atomic E-state index is 0.0910. The van der Waals surface area contributed by atoms with Crippen LogP contribution in [0, 0.1) is 5.41 Å². The van der Waals surface area contributed by atoms with Gasteiger partial charge < -0.3 is 28.3 Å². The van der Waals surface area contributed by atoms with Gasteiger partial charge in [-0.3, -0.25) is 28.9 Å². The summed E-state index contributed by atoms with van der Waals surface area (Å²) in [7, 11) is 1.53. The van der Waals surface area contributed by atoms with Gasteiger partial charge in [-0.1, -0.05) is 6.92 Å². The van der Waals surface area contributed by atoms with Gasteiger partial charge in [-0.15, -0.1) is 0 Å². The van der Waals surface area contributed by atoms with E-state index >= 15 is 0 Å². The Bertz CT molecular complexity index is 1520. The minimum atomic E-state index is -1.03. The van der Waals surface area contributed by atoms with Gasteiger partial charge in [-0.2, -0.15) is 0 Å². The molecule has 3 heterocycles. The Labute approximate surface area is 267 Å². The lowest BCUT2D eigenvalue weighted by Crippen LogP contribution is -2.40. The van der Waals surface area contributed by atoms with Crippen LogP contribution in [0.25, 0.3) is 0 Å². The largest absolute Gasteiger partial charge is 0.463 e. The van der Waals surface area contributed by atoms with E-state index in [9.17, 15) is 28.8 Å². The van der Waals surface area contributed by atoms with Gasteiger partial charge in [0, 0.05) is 38.2 Å². The fourth-order valence-corrected chi connectivity index (χ4v) is 4.33. The van der Waals surface area contributed by atoms with Crippen molar-refractivity contribution in [1.29, 1.82) is 0 Å². The van der Waals surface area contributed by atoms with Crippen LogP contribution in [0.4, 0.5) is 0 Å². The van der Waals surface area contributed by atoms with Crippen molar-refractivity contribution >= 4 is 11.9 Å². The molecule has 0 aliphatic carbocycles. The van der Waals surface area contributed by atoms with E-state index in [2.05, 4.69) is 9.97 Å². The first-order chi connectivity index (χ1) is 21.5. The zero-order valence-corrected chi connectivity index (χ0v) is 28.0. The molecule has 2 aromatic heterocycles. The number of methoxy groups -OCH3 is 1. The van der Waals surface area contributed by atoms with Crippen molar-refractivity contribution in [3.05, 3.63) is 66.2 Å². The zero-order valence-electron chi connectivity index (χ0n) is 28.0. The van der Waals surface area contributed by atoms with Crippen molar-refractivity contribution in [2.45, 2.75) is 111 Å². The topological polar surface area (TPSA) is 190 Å². The molecule has 15 nitrogen and oxygen atoms in total. The van der Waals surface area contributed by atoms with Gasteiger partial charge in [0.05, 0.1) is 23.7 Å². The van der Waals surface area contributed by atoms with E-state index in [1.165, 1.54) is 40.8 Å². The highest BCUT2D eigenvalue weighted by molar-refractivity contribution is 5.78. The molecule has 1 fully saturated rings. The summed E-state index contributed by atoms with van der Waals surface area (Å²) >= 11 is 0. The van der Waals surface area contributed by atoms with Crippen LogP contribution < -0.4 is 22.5 Å². The predicted molar refractivity (Wildman–Crippen MR) is 167 cm³/mol. The van der Waals surface area contributed by atoms with Crippen LogP contribution in [0.1, 0.15) is 80.4 Å². The Morgan fingerprint density at radius 2 is 1.59 bits per heavy atom. The van der Waals surface area contributed by atoms with Crippen molar-refractivity contribution in [3.8, 4) is 0 Å². The fraction of sp³-hybridized carbons (Fsp3) is 0.677. The monoisotopic (exact) mass is 652 g/mol. The highest BCUT2D eigenvalue weighted by atomic mass is 16.6. The minimum Gasteiger partial charge on any atom is -0.463 e. The molecule has 3 rings (SSSR count). The number of aromatic nitrogens is 4. The maximum Gasteiger partial charge on any atom is 0.337 e. The first-order valence-electron chi connectivity index (χ1n) is 15.3. The van der Waals surface area contributed by atoms with E-state index in [0.29, 0.717) is 32.2 Å².